The van der Waals surface area contributed by atoms with E-state index >= 15 is 0 Å². The van der Waals surface area contributed by atoms with Gasteiger partial charge in [-0.15, -0.1) is 0 Å². The second-order valence-electron chi connectivity index (χ2n) is 8.75. The maximum Gasteiger partial charge on any atom is 0.257 e. The summed E-state index contributed by atoms with van der Waals surface area (Å²) in [5, 5.41) is 6.56. The number of amides is 1. The number of dihydropyridines is 1. The van der Waals surface area contributed by atoms with Gasteiger partial charge in [0.15, 0.2) is 0 Å². The highest BCUT2D eigenvalue weighted by Gasteiger charge is 2.16. The minimum atomic E-state index is -0.164. The number of allylic oxidation sites excluding steroid dienone is 4. The number of anilines is 1. The lowest BCUT2D eigenvalue weighted by atomic mass is 9.99. The van der Waals surface area contributed by atoms with Gasteiger partial charge in [0, 0.05) is 47.6 Å². The number of nitrogens with one attached hydrogen (secondary N) is 2. The van der Waals surface area contributed by atoms with Crippen LogP contribution in [-0.2, 0) is 0 Å². The summed E-state index contributed by atoms with van der Waals surface area (Å²) in [5.41, 5.74) is 7.84. The first-order valence-electron chi connectivity index (χ1n) is 11.5. The smallest absolute Gasteiger partial charge is 0.257 e. The van der Waals surface area contributed by atoms with Crippen molar-refractivity contribution in [2.24, 2.45) is 10.9 Å². The lowest BCUT2D eigenvalue weighted by molar-refractivity contribution is 0.102. The van der Waals surface area contributed by atoms with Crippen LogP contribution in [0.5, 0.6) is 0 Å². The molecule has 0 fully saturated rings. The van der Waals surface area contributed by atoms with Crippen molar-refractivity contribution >= 4 is 17.8 Å². The molecule has 1 aliphatic heterocycles. The fourth-order valence-corrected chi connectivity index (χ4v) is 3.77. The standard InChI is InChI=1S/C28H34N4O/c1-7-18(2)8-11-27-21(5)13-25(17-30-27)31-22(6)26-14-24(10-9-20(26)4)32-28(33)23-12-19(3)15-29-16-23/h9-17,21-22,31H,2,7-8H2,1,3-6H3,(H,32,33)/b27-11+/t21?,22-/m0/s1. The monoisotopic (exact) mass is 442 g/mol. The summed E-state index contributed by atoms with van der Waals surface area (Å²) >= 11 is 0. The molecule has 1 aromatic heterocycles. The molecule has 0 spiro atoms. The van der Waals surface area contributed by atoms with Crippen LogP contribution in [0.3, 0.4) is 0 Å². The summed E-state index contributed by atoms with van der Waals surface area (Å²) in [7, 11) is 0. The molecule has 5 nitrogen and oxygen atoms in total. The average Bonchev–Trinajstić information content (AvgIpc) is 2.79. The Hall–Kier alpha value is -3.47. The van der Waals surface area contributed by atoms with E-state index < -0.39 is 0 Å². The SMILES string of the molecule is C=C(CC)C/C=C1/N=CC(N[C@@H](C)c2cc(NC(=O)c3cncc(C)c3)ccc2C)=CC1C. The van der Waals surface area contributed by atoms with Crippen LogP contribution in [0, 0.1) is 19.8 Å². The zero-order chi connectivity index (χ0) is 24.0. The van der Waals surface area contributed by atoms with Crippen LogP contribution >= 0.6 is 0 Å². The van der Waals surface area contributed by atoms with Crippen LogP contribution in [-0.4, -0.2) is 17.1 Å². The van der Waals surface area contributed by atoms with Crippen LogP contribution < -0.4 is 10.6 Å². The van der Waals surface area contributed by atoms with Gasteiger partial charge >= 0.3 is 0 Å². The second-order valence-corrected chi connectivity index (χ2v) is 8.75. The molecule has 33 heavy (non-hydrogen) atoms. The molecular formula is C28H34N4O. The van der Waals surface area contributed by atoms with Gasteiger partial charge in [-0.1, -0.05) is 44.2 Å². The van der Waals surface area contributed by atoms with Crippen LogP contribution in [0.4, 0.5) is 5.69 Å². The molecule has 2 N–H and O–H groups in total. The Labute approximate surface area is 197 Å². The van der Waals surface area contributed by atoms with Gasteiger partial charge in [0.05, 0.1) is 5.56 Å². The zero-order valence-corrected chi connectivity index (χ0v) is 20.3. The number of aryl methyl sites for hydroxylation is 2. The summed E-state index contributed by atoms with van der Waals surface area (Å²) in [5.74, 6) is 0.0756. The molecule has 1 amide bonds. The van der Waals surface area contributed by atoms with Crippen LogP contribution in [0.2, 0.25) is 0 Å². The van der Waals surface area contributed by atoms with Crippen molar-refractivity contribution < 1.29 is 4.79 Å². The van der Waals surface area contributed by atoms with Crippen LogP contribution in [0.15, 0.2) is 77.3 Å². The molecule has 0 radical (unpaired) electrons. The highest BCUT2D eigenvalue weighted by Crippen LogP contribution is 2.25. The molecule has 2 aromatic rings. The van der Waals surface area contributed by atoms with E-state index in [2.05, 4.69) is 67.0 Å². The maximum absolute atomic E-state index is 12.6. The number of hydrogen-bond acceptors (Lipinski definition) is 4. The number of pyridine rings is 1. The van der Waals surface area contributed by atoms with Gasteiger partial charge < -0.3 is 10.6 Å². The first-order valence-corrected chi connectivity index (χ1v) is 11.5. The van der Waals surface area contributed by atoms with Gasteiger partial charge in [0.1, 0.15) is 0 Å². The number of benzene rings is 1. The Morgan fingerprint density at radius 2 is 2.03 bits per heavy atom. The first kappa shape index (κ1) is 24.2. The molecule has 0 aliphatic carbocycles. The number of hydrogen-bond donors (Lipinski definition) is 2. The highest BCUT2D eigenvalue weighted by molar-refractivity contribution is 6.04. The Morgan fingerprint density at radius 1 is 1.24 bits per heavy atom. The van der Waals surface area contributed by atoms with Crippen molar-refractivity contribution in [3.05, 3.63) is 94.6 Å². The summed E-state index contributed by atoms with van der Waals surface area (Å²) in [6.07, 6.45) is 11.4. The molecule has 1 aliphatic rings. The molecule has 172 valence electrons. The molecular weight excluding hydrogens is 408 g/mol. The van der Waals surface area contributed by atoms with E-state index in [-0.39, 0.29) is 17.9 Å². The van der Waals surface area contributed by atoms with Crippen molar-refractivity contribution in [1.29, 1.82) is 0 Å². The van der Waals surface area contributed by atoms with Crippen molar-refractivity contribution in [3.8, 4) is 0 Å². The summed E-state index contributed by atoms with van der Waals surface area (Å²) < 4.78 is 0. The van der Waals surface area contributed by atoms with Crippen molar-refractivity contribution in [3.63, 3.8) is 0 Å². The molecule has 1 unspecified atom stereocenters. The predicted molar refractivity (Wildman–Crippen MR) is 138 cm³/mol. The normalized spacial score (nSPS) is 17.4. The van der Waals surface area contributed by atoms with Gasteiger partial charge in [-0.25, -0.2) is 0 Å². The molecule has 0 bridgehead atoms. The Morgan fingerprint density at radius 3 is 2.73 bits per heavy atom. The lowest BCUT2D eigenvalue weighted by Crippen LogP contribution is -2.22. The minimum Gasteiger partial charge on any atom is -0.378 e. The van der Waals surface area contributed by atoms with E-state index in [9.17, 15) is 4.79 Å². The fraction of sp³-hybridized carbons (Fsp3) is 0.321. The first-order chi connectivity index (χ1) is 15.8. The summed E-state index contributed by atoms with van der Waals surface area (Å²) in [6.45, 7) is 14.5. The number of rotatable bonds is 8. The molecule has 1 aromatic carbocycles. The molecule has 3 rings (SSSR count). The number of aliphatic imine (C=N–C) groups is 1. The van der Waals surface area contributed by atoms with Gasteiger partial charge in [-0.3, -0.25) is 14.8 Å². The third-order valence-electron chi connectivity index (χ3n) is 5.87. The zero-order valence-electron chi connectivity index (χ0n) is 20.3. The quantitative estimate of drug-likeness (QED) is 0.462. The number of carbonyl (C=O) groups is 1. The average molecular weight is 443 g/mol. The Balaban J connectivity index is 1.69. The molecule has 0 saturated carbocycles. The molecule has 0 saturated heterocycles. The fourth-order valence-electron chi connectivity index (χ4n) is 3.77. The van der Waals surface area contributed by atoms with Gasteiger partial charge in [-0.2, -0.15) is 0 Å². The molecule has 5 heteroatoms. The van der Waals surface area contributed by atoms with E-state index in [0.717, 1.165) is 46.6 Å². The van der Waals surface area contributed by atoms with Crippen molar-refractivity contribution in [2.45, 2.75) is 53.5 Å². The summed E-state index contributed by atoms with van der Waals surface area (Å²) in [4.78, 5) is 21.4. The van der Waals surface area contributed by atoms with Gasteiger partial charge in [0.2, 0.25) is 0 Å². The van der Waals surface area contributed by atoms with E-state index in [1.165, 1.54) is 5.57 Å². The number of nitrogens with zero attached hydrogens (tertiary/aromatic N) is 2. The second kappa shape index (κ2) is 10.9. The van der Waals surface area contributed by atoms with E-state index in [4.69, 9.17) is 0 Å². The number of carbonyl (C=O) groups excluding carboxylic acids is 1. The predicted octanol–water partition coefficient (Wildman–Crippen LogP) is 6.45. The van der Waals surface area contributed by atoms with Gasteiger partial charge in [0.25, 0.3) is 5.91 Å². The third-order valence-corrected chi connectivity index (χ3v) is 5.87. The van der Waals surface area contributed by atoms with E-state index in [0.29, 0.717) is 5.56 Å². The van der Waals surface area contributed by atoms with Crippen LogP contribution in [0.1, 0.15) is 66.7 Å². The Kier molecular flexibility index (Phi) is 7.99. The Bertz CT molecular complexity index is 1130. The van der Waals surface area contributed by atoms with Crippen LogP contribution in [0.25, 0.3) is 0 Å². The lowest BCUT2D eigenvalue weighted by Gasteiger charge is -2.22. The number of aromatic nitrogens is 1. The molecule has 2 atom stereocenters. The third kappa shape index (κ3) is 6.51. The van der Waals surface area contributed by atoms with E-state index in [1.807, 2.05) is 37.4 Å². The van der Waals surface area contributed by atoms with Gasteiger partial charge in [-0.05, 0) is 68.5 Å². The molecule has 2 heterocycles. The largest absolute Gasteiger partial charge is 0.378 e. The van der Waals surface area contributed by atoms with Crippen molar-refractivity contribution in [1.82, 2.24) is 10.3 Å². The maximum atomic E-state index is 12.6. The topological polar surface area (TPSA) is 66.4 Å². The summed E-state index contributed by atoms with van der Waals surface area (Å²) in [6, 6.07) is 7.87. The van der Waals surface area contributed by atoms with E-state index in [1.54, 1.807) is 12.4 Å². The van der Waals surface area contributed by atoms with Crippen molar-refractivity contribution in [2.75, 3.05) is 5.32 Å². The highest BCUT2D eigenvalue weighted by atomic mass is 16.1. The minimum absolute atomic E-state index is 0.0535.